The Kier molecular flexibility index (Phi) is 4.26. The molecule has 0 unspecified atom stereocenters. The number of thiazole rings is 1. The Hall–Kier alpha value is -2.67. The second kappa shape index (κ2) is 6.49. The molecule has 0 saturated carbocycles. The molecule has 4 rings (SSSR count). The fraction of sp³-hybridized carbons (Fsp3) is 0.350. The highest BCUT2D eigenvalue weighted by molar-refractivity contribution is 7.17. The van der Waals surface area contributed by atoms with E-state index in [-0.39, 0.29) is 23.5 Å². The Labute approximate surface area is 161 Å². The molecule has 1 aliphatic rings. The Morgan fingerprint density at radius 1 is 1.37 bits per heavy atom. The van der Waals surface area contributed by atoms with E-state index in [4.69, 9.17) is 4.74 Å². The third-order valence-corrected chi connectivity index (χ3v) is 5.86. The highest BCUT2D eigenvalue weighted by Crippen LogP contribution is 2.38. The molecule has 6 nitrogen and oxygen atoms in total. The predicted molar refractivity (Wildman–Crippen MR) is 106 cm³/mol. The lowest BCUT2D eigenvalue weighted by Gasteiger charge is -2.26. The molecule has 0 spiro atoms. The number of amides is 1. The molecule has 3 aromatic rings. The molecule has 0 fully saturated rings. The quantitative estimate of drug-likeness (QED) is 0.714. The van der Waals surface area contributed by atoms with Crippen LogP contribution in [-0.2, 0) is 17.6 Å². The van der Waals surface area contributed by atoms with E-state index in [0.29, 0.717) is 16.4 Å². The standard InChI is InChI=1S/C20H21N3O3S/c1-20(2)8-13-18(14(24)9-20)27-19(22-13)23-16(25)7-11-10-21-12-5-4-6-15(26-3)17(11)12/h4-6,10,21H,7-9H2,1-3H3,(H,22,23,25). The van der Waals surface area contributed by atoms with Gasteiger partial charge in [0.2, 0.25) is 5.91 Å². The van der Waals surface area contributed by atoms with Crippen LogP contribution in [-0.4, -0.2) is 28.8 Å². The Balaban J connectivity index is 1.54. The van der Waals surface area contributed by atoms with Crippen LogP contribution in [0, 0.1) is 5.41 Å². The van der Waals surface area contributed by atoms with Crippen LogP contribution in [0.4, 0.5) is 5.13 Å². The number of nitrogens with zero attached hydrogens (tertiary/aromatic N) is 1. The molecule has 140 valence electrons. The molecule has 2 N–H and O–H groups in total. The van der Waals surface area contributed by atoms with Gasteiger partial charge in [-0.2, -0.15) is 0 Å². The zero-order chi connectivity index (χ0) is 19.2. The maximum absolute atomic E-state index is 12.6. The van der Waals surface area contributed by atoms with E-state index in [1.807, 2.05) is 24.4 Å². The van der Waals surface area contributed by atoms with Crippen molar-refractivity contribution in [3.05, 3.63) is 40.5 Å². The predicted octanol–water partition coefficient (Wildman–Crippen LogP) is 3.97. The fourth-order valence-electron chi connectivity index (χ4n) is 3.64. The maximum Gasteiger partial charge on any atom is 0.230 e. The first-order valence-electron chi connectivity index (χ1n) is 8.82. The molecule has 0 bridgehead atoms. The number of carbonyl (C=O) groups excluding carboxylic acids is 2. The van der Waals surface area contributed by atoms with Gasteiger partial charge in [0.05, 0.1) is 24.1 Å². The molecular formula is C20H21N3O3S. The number of anilines is 1. The first-order valence-corrected chi connectivity index (χ1v) is 9.64. The normalized spacial score (nSPS) is 15.6. The van der Waals surface area contributed by atoms with E-state index in [1.54, 1.807) is 7.11 Å². The summed E-state index contributed by atoms with van der Waals surface area (Å²) < 4.78 is 5.41. The second-order valence-corrected chi connectivity index (χ2v) is 8.66. The SMILES string of the molecule is COc1cccc2[nH]cc(CC(=O)Nc3nc4c(s3)C(=O)CC(C)(C)C4)c12. The van der Waals surface area contributed by atoms with Gasteiger partial charge in [-0.05, 0) is 29.5 Å². The van der Waals surface area contributed by atoms with Gasteiger partial charge in [-0.25, -0.2) is 4.98 Å². The fourth-order valence-corrected chi connectivity index (χ4v) is 4.57. The number of H-pyrrole nitrogens is 1. The largest absolute Gasteiger partial charge is 0.496 e. The number of hydrogen-bond acceptors (Lipinski definition) is 5. The Morgan fingerprint density at radius 3 is 2.96 bits per heavy atom. The number of carbonyl (C=O) groups is 2. The van der Waals surface area contributed by atoms with Gasteiger partial charge in [0.25, 0.3) is 0 Å². The van der Waals surface area contributed by atoms with Gasteiger partial charge in [-0.3, -0.25) is 9.59 Å². The van der Waals surface area contributed by atoms with Gasteiger partial charge >= 0.3 is 0 Å². The van der Waals surface area contributed by atoms with Gasteiger partial charge in [0, 0.05) is 23.5 Å². The summed E-state index contributed by atoms with van der Waals surface area (Å²) in [4.78, 5) is 33.2. The lowest BCUT2D eigenvalue weighted by Crippen LogP contribution is -2.26. The summed E-state index contributed by atoms with van der Waals surface area (Å²) in [5.41, 5.74) is 2.50. The summed E-state index contributed by atoms with van der Waals surface area (Å²) in [6.07, 6.45) is 3.29. The zero-order valence-electron chi connectivity index (χ0n) is 15.5. The number of benzene rings is 1. The van der Waals surface area contributed by atoms with Crippen molar-refractivity contribution < 1.29 is 14.3 Å². The summed E-state index contributed by atoms with van der Waals surface area (Å²) in [7, 11) is 1.62. The number of rotatable bonds is 4. The Bertz CT molecular complexity index is 1050. The van der Waals surface area contributed by atoms with Crippen LogP contribution in [0.5, 0.6) is 5.75 Å². The van der Waals surface area contributed by atoms with Gasteiger partial charge in [-0.1, -0.05) is 31.3 Å². The van der Waals surface area contributed by atoms with Crippen LogP contribution in [0.1, 0.15) is 41.2 Å². The minimum absolute atomic E-state index is 0.0833. The number of ether oxygens (including phenoxy) is 1. The Morgan fingerprint density at radius 2 is 2.19 bits per heavy atom. The number of methoxy groups -OCH3 is 1. The monoisotopic (exact) mass is 383 g/mol. The average molecular weight is 383 g/mol. The summed E-state index contributed by atoms with van der Waals surface area (Å²) in [6.45, 7) is 4.13. The molecule has 7 heteroatoms. The molecule has 2 aromatic heterocycles. The van der Waals surface area contributed by atoms with Crippen molar-refractivity contribution in [2.45, 2.75) is 33.1 Å². The third-order valence-electron chi connectivity index (χ3n) is 4.80. The van der Waals surface area contributed by atoms with E-state index in [2.05, 4.69) is 29.1 Å². The lowest BCUT2D eigenvalue weighted by atomic mass is 9.78. The smallest absolute Gasteiger partial charge is 0.230 e. The number of hydrogen-bond donors (Lipinski definition) is 2. The molecule has 1 amide bonds. The molecule has 1 aromatic carbocycles. The lowest BCUT2D eigenvalue weighted by molar-refractivity contribution is -0.115. The van der Waals surface area contributed by atoms with Gasteiger partial charge in [-0.15, -0.1) is 0 Å². The van der Waals surface area contributed by atoms with Gasteiger partial charge < -0.3 is 15.0 Å². The van der Waals surface area contributed by atoms with Crippen LogP contribution < -0.4 is 10.1 Å². The second-order valence-electron chi connectivity index (χ2n) is 7.66. The van der Waals surface area contributed by atoms with Crippen molar-refractivity contribution >= 4 is 39.1 Å². The van der Waals surface area contributed by atoms with E-state index in [9.17, 15) is 9.59 Å². The summed E-state index contributed by atoms with van der Waals surface area (Å²) >= 11 is 1.27. The van der Waals surface area contributed by atoms with Crippen molar-refractivity contribution in [2.75, 3.05) is 12.4 Å². The topological polar surface area (TPSA) is 84.1 Å². The number of nitrogens with one attached hydrogen (secondary N) is 2. The molecule has 27 heavy (non-hydrogen) atoms. The van der Waals surface area contributed by atoms with Crippen LogP contribution in [0.15, 0.2) is 24.4 Å². The number of aromatic nitrogens is 2. The van der Waals surface area contributed by atoms with Crippen LogP contribution in [0.3, 0.4) is 0 Å². The van der Waals surface area contributed by atoms with Crippen molar-refractivity contribution in [2.24, 2.45) is 5.41 Å². The zero-order valence-corrected chi connectivity index (χ0v) is 16.3. The van der Waals surface area contributed by atoms with Crippen molar-refractivity contribution in [3.63, 3.8) is 0 Å². The van der Waals surface area contributed by atoms with Crippen LogP contribution >= 0.6 is 11.3 Å². The third kappa shape index (κ3) is 3.35. The summed E-state index contributed by atoms with van der Waals surface area (Å²) in [5.74, 6) is 0.675. The molecule has 0 aliphatic heterocycles. The number of fused-ring (bicyclic) bond motifs is 2. The number of ketones is 1. The van der Waals surface area contributed by atoms with Crippen molar-refractivity contribution in [3.8, 4) is 5.75 Å². The highest BCUT2D eigenvalue weighted by Gasteiger charge is 2.34. The molecule has 1 aliphatic carbocycles. The maximum atomic E-state index is 12.6. The molecule has 0 saturated heterocycles. The van der Waals surface area contributed by atoms with Crippen LogP contribution in [0.2, 0.25) is 0 Å². The van der Waals surface area contributed by atoms with Crippen LogP contribution in [0.25, 0.3) is 10.9 Å². The first-order chi connectivity index (χ1) is 12.9. The molecule has 0 atom stereocenters. The highest BCUT2D eigenvalue weighted by atomic mass is 32.1. The molecule has 0 radical (unpaired) electrons. The minimum atomic E-state index is -0.167. The average Bonchev–Trinajstić information content (AvgIpc) is 3.17. The van der Waals surface area contributed by atoms with Crippen molar-refractivity contribution in [1.82, 2.24) is 9.97 Å². The number of aromatic amines is 1. The van der Waals surface area contributed by atoms with Gasteiger partial charge in [0.15, 0.2) is 10.9 Å². The summed E-state index contributed by atoms with van der Waals surface area (Å²) in [6, 6.07) is 5.72. The minimum Gasteiger partial charge on any atom is -0.496 e. The van der Waals surface area contributed by atoms with Gasteiger partial charge in [0.1, 0.15) is 5.75 Å². The molecule has 2 heterocycles. The number of Topliss-reactive ketones (excluding diaryl/α,β-unsaturated/α-hetero) is 1. The molecular weight excluding hydrogens is 362 g/mol. The van der Waals surface area contributed by atoms with E-state index < -0.39 is 0 Å². The van der Waals surface area contributed by atoms with E-state index in [1.165, 1.54) is 11.3 Å². The van der Waals surface area contributed by atoms with E-state index in [0.717, 1.165) is 34.3 Å². The first kappa shape index (κ1) is 17.7. The van der Waals surface area contributed by atoms with Crippen molar-refractivity contribution in [1.29, 1.82) is 0 Å². The van der Waals surface area contributed by atoms with E-state index >= 15 is 0 Å². The summed E-state index contributed by atoms with van der Waals surface area (Å²) in [5, 5.41) is 4.25.